The molecule has 2 aromatic carbocycles. The lowest BCUT2D eigenvalue weighted by Crippen LogP contribution is -2.86. The molecule has 0 saturated carbocycles. The van der Waals surface area contributed by atoms with E-state index in [1.165, 1.54) is 0 Å². The van der Waals surface area contributed by atoms with Gasteiger partial charge in [0.2, 0.25) is 0 Å². The molecule has 0 aromatic heterocycles. The summed E-state index contributed by atoms with van der Waals surface area (Å²) in [6, 6.07) is 15.2. The number of imide groups is 1. The van der Waals surface area contributed by atoms with Crippen LogP contribution < -0.4 is 16.4 Å². The van der Waals surface area contributed by atoms with Crippen LogP contribution in [0.4, 0.5) is 4.79 Å². The van der Waals surface area contributed by atoms with Gasteiger partial charge in [-0.1, -0.05) is 60.1 Å². The summed E-state index contributed by atoms with van der Waals surface area (Å²) in [5.74, 6) is -0.453. The minimum absolute atomic E-state index is 0.453. The summed E-state index contributed by atoms with van der Waals surface area (Å²) in [4.78, 5) is 23.1. The van der Waals surface area contributed by atoms with Gasteiger partial charge in [-0.25, -0.2) is 4.79 Å². The van der Waals surface area contributed by atoms with Crippen molar-refractivity contribution in [2.24, 2.45) is 5.73 Å². The fourth-order valence-corrected chi connectivity index (χ4v) is 2.38. The Labute approximate surface area is 133 Å². The predicted molar refractivity (Wildman–Crippen MR) is 84.0 cm³/mol. The molecule has 0 saturated heterocycles. The summed E-state index contributed by atoms with van der Waals surface area (Å²) in [6.07, 6.45) is 0. The summed E-state index contributed by atoms with van der Waals surface area (Å²) in [6.45, 7) is 0.505. The topological polar surface area (TPSA) is 88.8 Å². The zero-order chi connectivity index (χ0) is 15.9. The Morgan fingerprint density at radius 3 is 2.36 bits per heavy atom. The molecule has 0 aliphatic carbocycles. The van der Waals surface area contributed by atoms with E-state index in [1.54, 1.807) is 6.07 Å². The summed E-state index contributed by atoms with van der Waals surface area (Å²) >= 11 is 6.12. The molecule has 2 aromatic rings. The van der Waals surface area contributed by atoms with Gasteiger partial charge in [-0.05, 0) is 6.07 Å². The van der Waals surface area contributed by atoms with Crippen molar-refractivity contribution in [3.8, 4) is 0 Å². The van der Waals surface area contributed by atoms with Crippen LogP contribution in [0.2, 0.25) is 5.02 Å². The van der Waals surface area contributed by atoms with Crippen molar-refractivity contribution in [2.75, 3.05) is 0 Å². The van der Waals surface area contributed by atoms with Crippen LogP contribution in [0.3, 0.4) is 0 Å². The molecule has 22 heavy (non-hydrogen) atoms. The lowest BCUT2D eigenvalue weighted by atomic mass is 10.1. The third-order valence-corrected chi connectivity index (χ3v) is 3.59. The molecule has 0 fully saturated rings. The zero-order valence-electron chi connectivity index (χ0n) is 11.8. The van der Waals surface area contributed by atoms with Gasteiger partial charge in [0, 0.05) is 16.1 Å². The number of carbonyl (C=O) groups excluding carboxylic acids is 2. The highest BCUT2D eigenvalue weighted by Gasteiger charge is 2.25. The Kier molecular flexibility index (Phi) is 5.52. The first kappa shape index (κ1) is 16.0. The number of rotatable bonds is 5. The zero-order valence-corrected chi connectivity index (χ0v) is 12.6. The summed E-state index contributed by atoms with van der Waals surface area (Å²) in [5, 5.41) is 4.58. The lowest BCUT2D eigenvalue weighted by molar-refractivity contribution is -0.698. The highest BCUT2D eigenvalue weighted by Crippen LogP contribution is 2.14. The first-order valence-corrected chi connectivity index (χ1v) is 7.17. The molecule has 5 N–H and O–H groups in total. The third kappa shape index (κ3) is 4.31. The smallest absolute Gasteiger partial charge is 0.319 e. The number of halogens is 1. The van der Waals surface area contributed by atoms with E-state index in [2.05, 4.69) is 5.32 Å². The van der Waals surface area contributed by atoms with Gasteiger partial charge in [0.25, 0.3) is 5.91 Å². The summed E-state index contributed by atoms with van der Waals surface area (Å²) in [7, 11) is 0. The molecule has 0 bridgehead atoms. The standard InChI is InChI=1S/C16H16ClN3O2/c17-13-9-5-4-8-12(13)10-19-14(15(21)20-16(18)22)11-6-2-1-3-7-11/h1-9,14,19H,10H2,(H3,18,20,21,22)/p+1/t14-/m1/s1. The lowest BCUT2D eigenvalue weighted by Gasteiger charge is -2.15. The summed E-state index contributed by atoms with van der Waals surface area (Å²) in [5.41, 5.74) is 6.73. The number of primary amides is 1. The Balaban J connectivity index is 2.16. The molecule has 0 heterocycles. The fourth-order valence-electron chi connectivity index (χ4n) is 2.16. The molecular weight excluding hydrogens is 302 g/mol. The van der Waals surface area contributed by atoms with Gasteiger partial charge in [-0.15, -0.1) is 0 Å². The highest BCUT2D eigenvalue weighted by molar-refractivity contribution is 6.31. The number of quaternary nitrogens is 1. The van der Waals surface area contributed by atoms with Crippen molar-refractivity contribution < 1.29 is 14.9 Å². The molecular formula is C16H17ClN3O2+. The van der Waals surface area contributed by atoms with Crippen LogP contribution in [0.5, 0.6) is 0 Å². The Hall–Kier alpha value is -2.37. The molecule has 114 valence electrons. The van der Waals surface area contributed by atoms with Gasteiger partial charge in [-0.3, -0.25) is 10.1 Å². The summed E-state index contributed by atoms with van der Waals surface area (Å²) < 4.78 is 0. The van der Waals surface area contributed by atoms with E-state index >= 15 is 0 Å². The Bertz CT molecular complexity index is 661. The van der Waals surface area contributed by atoms with Crippen molar-refractivity contribution in [1.29, 1.82) is 0 Å². The number of nitrogens with one attached hydrogen (secondary N) is 1. The largest absolute Gasteiger partial charge is 0.351 e. The quantitative estimate of drug-likeness (QED) is 0.776. The minimum atomic E-state index is -0.864. The molecule has 6 heteroatoms. The van der Waals surface area contributed by atoms with Gasteiger partial charge in [0.15, 0.2) is 6.04 Å². The van der Waals surface area contributed by atoms with E-state index in [9.17, 15) is 9.59 Å². The van der Waals surface area contributed by atoms with Crippen LogP contribution in [-0.2, 0) is 11.3 Å². The van der Waals surface area contributed by atoms with E-state index in [1.807, 2.05) is 53.8 Å². The van der Waals surface area contributed by atoms with Crippen LogP contribution in [0.1, 0.15) is 17.2 Å². The van der Waals surface area contributed by atoms with Crippen LogP contribution in [0.15, 0.2) is 54.6 Å². The van der Waals surface area contributed by atoms with E-state index in [0.717, 1.165) is 11.1 Å². The second-order valence-corrected chi connectivity index (χ2v) is 5.18. The number of benzene rings is 2. The van der Waals surface area contributed by atoms with Crippen LogP contribution >= 0.6 is 11.6 Å². The maximum Gasteiger partial charge on any atom is 0.319 e. The Morgan fingerprint density at radius 1 is 1.09 bits per heavy atom. The average molecular weight is 319 g/mol. The second kappa shape index (κ2) is 7.59. The Morgan fingerprint density at radius 2 is 1.73 bits per heavy atom. The minimum Gasteiger partial charge on any atom is -0.351 e. The number of urea groups is 1. The van der Waals surface area contributed by atoms with Crippen molar-refractivity contribution in [3.05, 3.63) is 70.7 Å². The van der Waals surface area contributed by atoms with Crippen molar-refractivity contribution in [1.82, 2.24) is 5.32 Å². The van der Waals surface area contributed by atoms with E-state index in [-0.39, 0.29) is 0 Å². The normalized spacial score (nSPS) is 11.7. The van der Waals surface area contributed by atoms with Gasteiger partial charge in [-0.2, -0.15) is 0 Å². The number of hydrogen-bond acceptors (Lipinski definition) is 2. The monoisotopic (exact) mass is 318 g/mol. The van der Waals surface area contributed by atoms with Gasteiger partial charge in [0.05, 0.1) is 0 Å². The molecule has 2 rings (SSSR count). The molecule has 5 nitrogen and oxygen atoms in total. The van der Waals surface area contributed by atoms with E-state index in [0.29, 0.717) is 11.6 Å². The molecule has 0 aliphatic heterocycles. The molecule has 0 radical (unpaired) electrons. The number of carbonyl (C=O) groups is 2. The average Bonchev–Trinajstić information content (AvgIpc) is 2.49. The van der Waals surface area contributed by atoms with Crippen LogP contribution in [-0.4, -0.2) is 11.9 Å². The van der Waals surface area contributed by atoms with E-state index in [4.69, 9.17) is 17.3 Å². The van der Waals surface area contributed by atoms with Gasteiger partial charge >= 0.3 is 6.03 Å². The second-order valence-electron chi connectivity index (χ2n) is 4.77. The van der Waals surface area contributed by atoms with E-state index < -0.39 is 18.0 Å². The SMILES string of the molecule is NC(=O)NC(=O)[C@H]([NH2+]Cc1ccccc1Cl)c1ccccc1. The van der Waals surface area contributed by atoms with Crippen molar-refractivity contribution >= 4 is 23.5 Å². The van der Waals surface area contributed by atoms with Gasteiger partial charge in [0.1, 0.15) is 6.54 Å². The molecule has 0 unspecified atom stereocenters. The first-order chi connectivity index (χ1) is 10.6. The highest BCUT2D eigenvalue weighted by atomic mass is 35.5. The van der Waals surface area contributed by atoms with Crippen LogP contribution in [0, 0.1) is 0 Å². The number of amides is 3. The molecule has 1 atom stereocenters. The fraction of sp³-hybridized carbons (Fsp3) is 0.125. The van der Waals surface area contributed by atoms with Crippen molar-refractivity contribution in [2.45, 2.75) is 12.6 Å². The molecule has 0 spiro atoms. The first-order valence-electron chi connectivity index (χ1n) is 6.80. The third-order valence-electron chi connectivity index (χ3n) is 3.22. The molecule has 0 aliphatic rings. The number of nitrogens with two attached hydrogens (primary N) is 2. The maximum absolute atomic E-state index is 12.2. The molecule has 3 amide bonds. The predicted octanol–water partition coefficient (Wildman–Crippen LogP) is 1.34. The van der Waals surface area contributed by atoms with Crippen molar-refractivity contribution in [3.63, 3.8) is 0 Å². The number of hydrogen-bond donors (Lipinski definition) is 3. The maximum atomic E-state index is 12.2. The van der Waals surface area contributed by atoms with Crippen LogP contribution in [0.25, 0.3) is 0 Å². The van der Waals surface area contributed by atoms with Gasteiger partial charge < -0.3 is 11.1 Å².